The molecule has 0 amide bonds. The van der Waals surface area contributed by atoms with Gasteiger partial charge >= 0.3 is 11.9 Å². The molecule has 0 atom stereocenters. The molecule has 4 nitrogen and oxygen atoms in total. The van der Waals surface area contributed by atoms with Crippen molar-refractivity contribution in [1.29, 1.82) is 0 Å². The van der Waals surface area contributed by atoms with Crippen molar-refractivity contribution in [2.45, 2.75) is 32.6 Å². The minimum atomic E-state index is -0.922. The summed E-state index contributed by atoms with van der Waals surface area (Å²) < 4.78 is 0. The van der Waals surface area contributed by atoms with E-state index < -0.39 is 11.9 Å². The van der Waals surface area contributed by atoms with Gasteiger partial charge in [0.25, 0.3) is 0 Å². The predicted octanol–water partition coefficient (Wildman–Crippen LogP) is 1.35. The average Bonchev–Trinajstić information content (AvgIpc) is 1.84. The van der Waals surface area contributed by atoms with Crippen molar-refractivity contribution in [3.8, 4) is 0 Å². The van der Waals surface area contributed by atoms with E-state index in [9.17, 15) is 9.59 Å². The lowest BCUT2D eigenvalue weighted by molar-refractivity contribution is -0.140. The fraction of sp³-hybridized carbons (Fsp3) is 0.750. The van der Waals surface area contributed by atoms with Gasteiger partial charge in [-0.2, -0.15) is 0 Å². The molecule has 0 aromatic heterocycles. The van der Waals surface area contributed by atoms with Crippen molar-refractivity contribution in [2.75, 3.05) is 0 Å². The van der Waals surface area contributed by atoms with E-state index >= 15 is 0 Å². The molecule has 12 heavy (non-hydrogen) atoms. The lowest BCUT2D eigenvalue weighted by atomic mass is 9.96. The first-order chi connectivity index (χ1) is 5.56. The number of carboxylic acid groups (broad SMARTS) is 2. The zero-order valence-electron chi connectivity index (χ0n) is 7.12. The number of hydrogen-bond donors (Lipinski definition) is 2. The van der Waals surface area contributed by atoms with Crippen molar-refractivity contribution < 1.29 is 19.8 Å². The molecule has 0 fully saturated rings. The number of rotatable bonds is 6. The van der Waals surface area contributed by atoms with Gasteiger partial charge in [0.2, 0.25) is 0 Å². The van der Waals surface area contributed by atoms with Gasteiger partial charge in [-0.15, -0.1) is 0 Å². The molecule has 0 bridgehead atoms. The maximum atomic E-state index is 10.3. The van der Waals surface area contributed by atoms with Gasteiger partial charge in [-0.05, 0) is 12.3 Å². The molecular formula is C8H14O4. The molecule has 0 aliphatic rings. The Kier molecular flexibility index (Phi) is 5.08. The van der Waals surface area contributed by atoms with Crippen LogP contribution >= 0.6 is 0 Å². The fourth-order valence-electron chi connectivity index (χ4n) is 1.18. The quantitative estimate of drug-likeness (QED) is 0.637. The van der Waals surface area contributed by atoms with E-state index in [4.69, 9.17) is 10.2 Å². The van der Waals surface area contributed by atoms with Gasteiger partial charge in [-0.3, -0.25) is 9.59 Å². The van der Waals surface area contributed by atoms with Crippen molar-refractivity contribution in [1.82, 2.24) is 0 Å². The number of carbonyl (C=O) groups is 2. The van der Waals surface area contributed by atoms with Crippen LogP contribution in [0.1, 0.15) is 32.6 Å². The van der Waals surface area contributed by atoms with Crippen LogP contribution in [0.15, 0.2) is 0 Å². The molecule has 0 rings (SSSR count). The second kappa shape index (κ2) is 5.57. The van der Waals surface area contributed by atoms with E-state index in [0.29, 0.717) is 6.42 Å². The van der Waals surface area contributed by atoms with Gasteiger partial charge < -0.3 is 10.2 Å². The van der Waals surface area contributed by atoms with Crippen LogP contribution in [0.3, 0.4) is 0 Å². The summed E-state index contributed by atoms with van der Waals surface area (Å²) in [6.45, 7) is 1.91. The molecule has 0 heterocycles. The Morgan fingerprint density at radius 1 is 1.17 bits per heavy atom. The van der Waals surface area contributed by atoms with E-state index in [1.807, 2.05) is 6.92 Å². The van der Waals surface area contributed by atoms with E-state index in [2.05, 4.69) is 0 Å². The van der Waals surface area contributed by atoms with E-state index in [0.717, 1.165) is 6.42 Å². The third-order valence-electron chi connectivity index (χ3n) is 1.62. The van der Waals surface area contributed by atoms with Crippen LogP contribution in [0.25, 0.3) is 0 Å². The van der Waals surface area contributed by atoms with Crippen LogP contribution in [-0.4, -0.2) is 22.2 Å². The highest BCUT2D eigenvalue weighted by atomic mass is 16.4. The summed E-state index contributed by atoms with van der Waals surface area (Å²) in [5.74, 6) is -2.06. The first-order valence-corrected chi connectivity index (χ1v) is 3.99. The normalized spacial score (nSPS) is 10.2. The average molecular weight is 174 g/mol. The Bertz CT molecular complexity index is 148. The maximum absolute atomic E-state index is 10.3. The monoisotopic (exact) mass is 174 g/mol. The van der Waals surface area contributed by atoms with Gasteiger partial charge in [0.15, 0.2) is 0 Å². The Labute approximate surface area is 71.2 Å². The highest BCUT2D eigenvalue weighted by Gasteiger charge is 2.15. The lowest BCUT2D eigenvalue weighted by Gasteiger charge is -2.09. The van der Waals surface area contributed by atoms with Crippen molar-refractivity contribution >= 4 is 11.9 Å². The standard InChI is InChI=1S/C8H14O4/c1-2-3-6(4-7(9)10)5-8(11)12/h6H,2-5H2,1H3,(H,9,10)(H,11,12). The first kappa shape index (κ1) is 10.9. The molecule has 2 N–H and O–H groups in total. The Hall–Kier alpha value is -1.06. The van der Waals surface area contributed by atoms with E-state index in [1.165, 1.54) is 0 Å². The molecule has 0 saturated carbocycles. The Balaban J connectivity index is 3.85. The second-order valence-electron chi connectivity index (χ2n) is 2.85. The molecule has 0 spiro atoms. The van der Waals surface area contributed by atoms with Gasteiger partial charge in [-0.1, -0.05) is 13.3 Å². The van der Waals surface area contributed by atoms with E-state index in [1.54, 1.807) is 0 Å². The van der Waals surface area contributed by atoms with Crippen molar-refractivity contribution in [3.63, 3.8) is 0 Å². The molecule has 0 aromatic rings. The van der Waals surface area contributed by atoms with Crippen molar-refractivity contribution in [2.24, 2.45) is 5.92 Å². The van der Waals surface area contributed by atoms with E-state index in [-0.39, 0.29) is 18.8 Å². The summed E-state index contributed by atoms with van der Waals surface area (Å²) >= 11 is 0. The Morgan fingerprint density at radius 3 is 1.83 bits per heavy atom. The van der Waals surface area contributed by atoms with Gasteiger partial charge in [-0.25, -0.2) is 0 Å². The molecular weight excluding hydrogens is 160 g/mol. The third kappa shape index (κ3) is 5.70. The number of aliphatic carboxylic acids is 2. The van der Waals surface area contributed by atoms with Crippen LogP contribution in [0.5, 0.6) is 0 Å². The zero-order chi connectivity index (χ0) is 9.56. The van der Waals surface area contributed by atoms with Crippen LogP contribution in [0.2, 0.25) is 0 Å². The van der Waals surface area contributed by atoms with Crippen LogP contribution in [0.4, 0.5) is 0 Å². The van der Waals surface area contributed by atoms with Crippen LogP contribution < -0.4 is 0 Å². The number of carboxylic acids is 2. The summed E-state index contributed by atoms with van der Waals surface area (Å²) in [7, 11) is 0. The highest BCUT2D eigenvalue weighted by molar-refractivity contribution is 5.70. The second-order valence-corrected chi connectivity index (χ2v) is 2.85. The summed E-state index contributed by atoms with van der Waals surface area (Å²) in [6.07, 6.45) is 1.41. The highest BCUT2D eigenvalue weighted by Crippen LogP contribution is 2.15. The smallest absolute Gasteiger partial charge is 0.303 e. The molecule has 0 aliphatic carbocycles. The topological polar surface area (TPSA) is 74.6 Å². The molecule has 4 heteroatoms. The maximum Gasteiger partial charge on any atom is 0.303 e. The third-order valence-corrected chi connectivity index (χ3v) is 1.62. The molecule has 0 unspecified atom stereocenters. The molecule has 70 valence electrons. The minimum absolute atomic E-state index is 0.0415. The van der Waals surface area contributed by atoms with Gasteiger partial charge in [0, 0.05) is 12.8 Å². The van der Waals surface area contributed by atoms with Crippen LogP contribution in [0, 0.1) is 5.92 Å². The summed E-state index contributed by atoms with van der Waals surface area (Å²) in [5.41, 5.74) is 0. The first-order valence-electron chi connectivity index (χ1n) is 3.99. The fourth-order valence-corrected chi connectivity index (χ4v) is 1.18. The minimum Gasteiger partial charge on any atom is -0.481 e. The summed E-state index contributed by atoms with van der Waals surface area (Å²) in [6, 6.07) is 0. The van der Waals surface area contributed by atoms with Gasteiger partial charge in [0.1, 0.15) is 0 Å². The lowest BCUT2D eigenvalue weighted by Crippen LogP contribution is -2.12. The molecule has 0 radical (unpaired) electrons. The van der Waals surface area contributed by atoms with Crippen molar-refractivity contribution in [3.05, 3.63) is 0 Å². The van der Waals surface area contributed by atoms with Crippen LogP contribution in [-0.2, 0) is 9.59 Å². The zero-order valence-corrected chi connectivity index (χ0v) is 7.12. The summed E-state index contributed by atoms with van der Waals surface area (Å²) in [5, 5.41) is 16.9. The predicted molar refractivity (Wildman–Crippen MR) is 42.9 cm³/mol. The molecule has 0 aromatic carbocycles. The Morgan fingerprint density at radius 2 is 1.58 bits per heavy atom. The molecule has 0 aliphatic heterocycles. The van der Waals surface area contributed by atoms with Gasteiger partial charge in [0.05, 0.1) is 0 Å². The summed E-state index contributed by atoms with van der Waals surface area (Å²) in [4.78, 5) is 20.5. The number of hydrogen-bond acceptors (Lipinski definition) is 2. The SMILES string of the molecule is CCCC(CC(=O)O)CC(=O)O. The molecule has 0 saturated heterocycles. The largest absolute Gasteiger partial charge is 0.481 e.